The van der Waals surface area contributed by atoms with Crippen LogP contribution < -0.4 is 10.1 Å². The van der Waals surface area contributed by atoms with E-state index in [0.29, 0.717) is 18.0 Å². The fraction of sp³-hybridized carbons (Fsp3) is 0.238. The van der Waals surface area contributed by atoms with Gasteiger partial charge in [-0.1, -0.05) is 35.9 Å². The van der Waals surface area contributed by atoms with E-state index in [1.54, 1.807) is 37.5 Å². The van der Waals surface area contributed by atoms with Gasteiger partial charge in [0.2, 0.25) is 11.8 Å². The highest BCUT2D eigenvalue weighted by molar-refractivity contribution is 5.98. The van der Waals surface area contributed by atoms with E-state index < -0.39 is 0 Å². The summed E-state index contributed by atoms with van der Waals surface area (Å²) in [5, 5.41) is 2.78. The molecule has 0 aromatic heterocycles. The predicted octanol–water partition coefficient (Wildman–Crippen LogP) is 3.50. The van der Waals surface area contributed by atoms with E-state index in [4.69, 9.17) is 4.74 Å². The summed E-state index contributed by atoms with van der Waals surface area (Å²) in [5.74, 6) is 0.207. The zero-order valence-electron chi connectivity index (χ0n) is 15.4. The molecule has 5 heteroatoms. The Morgan fingerprint density at radius 2 is 1.88 bits per heavy atom. The molecule has 1 N–H and O–H groups in total. The van der Waals surface area contributed by atoms with E-state index in [2.05, 4.69) is 5.32 Å². The summed E-state index contributed by atoms with van der Waals surface area (Å²) in [6.07, 6.45) is 3.25. The number of hydrogen-bond donors (Lipinski definition) is 1. The molecular formula is C21H24N2O3. The molecule has 0 aliphatic heterocycles. The monoisotopic (exact) mass is 352 g/mol. The number of amides is 2. The minimum Gasteiger partial charge on any atom is -0.497 e. The molecule has 0 bridgehead atoms. The fourth-order valence-electron chi connectivity index (χ4n) is 2.37. The van der Waals surface area contributed by atoms with Crippen molar-refractivity contribution in [2.45, 2.75) is 13.8 Å². The first-order valence-corrected chi connectivity index (χ1v) is 8.49. The van der Waals surface area contributed by atoms with E-state index in [-0.39, 0.29) is 18.4 Å². The molecule has 0 heterocycles. The number of nitrogens with one attached hydrogen (secondary N) is 1. The van der Waals surface area contributed by atoms with Gasteiger partial charge in [0.05, 0.1) is 7.11 Å². The van der Waals surface area contributed by atoms with Crippen LogP contribution in [0.2, 0.25) is 0 Å². The van der Waals surface area contributed by atoms with Gasteiger partial charge in [-0.2, -0.15) is 0 Å². The molecule has 0 spiro atoms. The fourth-order valence-corrected chi connectivity index (χ4v) is 2.37. The molecule has 0 atom stereocenters. The van der Waals surface area contributed by atoms with E-state index in [0.717, 1.165) is 11.1 Å². The molecule has 0 aliphatic rings. The van der Waals surface area contributed by atoms with Crippen molar-refractivity contribution >= 4 is 23.6 Å². The van der Waals surface area contributed by atoms with Crippen LogP contribution in [0.3, 0.4) is 0 Å². The van der Waals surface area contributed by atoms with Gasteiger partial charge in [-0.05, 0) is 37.6 Å². The quantitative estimate of drug-likeness (QED) is 0.776. The third-order valence-electron chi connectivity index (χ3n) is 3.88. The minimum absolute atomic E-state index is 0.00915. The molecule has 0 unspecified atom stereocenters. The molecule has 26 heavy (non-hydrogen) atoms. The number of ether oxygens (including phenoxy) is 1. The average molecular weight is 352 g/mol. The van der Waals surface area contributed by atoms with Gasteiger partial charge in [-0.25, -0.2) is 0 Å². The maximum absolute atomic E-state index is 12.3. The zero-order chi connectivity index (χ0) is 18.9. The molecule has 0 radical (unpaired) electrons. The van der Waals surface area contributed by atoms with Crippen molar-refractivity contribution in [3.05, 3.63) is 65.7 Å². The van der Waals surface area contributed by atoms with Crippen molar-refractivity contribution in [1.29, 1.82) is 0 Å². The van der Waals surface area contributed by atoms with Gasteiger partial charge in [-0.3, -0.25) is 9.59 Å². The maximum Gasteiger partial charge on any atom is 0.247 e. The zero-order valence-corrected chi connectivity index (χ0v) is 15.4. The van der Waals surface area contributed by atoms with E-state index >= 15 is 0 Å². The van der Waals surface area contributed by atoms with Gasteiger partial charge < -0.3 is 15.0 Å². The second kappa shape index (κ2) is 9.42. The molecule has 2 aromatic rings. The molecule has 2 amide bonds. The Hall–Kier alpha value is -3.08. The molecule has 0 aliphatic carbocycles. The predicted molar refractivity (Wildman–Crippen MR) is 104 cm³/mol. The van der Waals surface area contributed by atoms with Crippen molar-refractivity contribution in [2.24, 2.45) is 0 Å². The highest BCUT2D eigenvalue weighted by atomic mass is 16.5. The first-order chi connectivity index (χ1) is 12.5. The Balaban J connectivity index is 1.95. The van der Waals surface area contributed by atoms with Gasteiger partial charge in [0.1, 0.15) is 12.3 Å². The lowest BCUT2D eigenvalue weighted by atomic mass is 10.1. The number of methoxy groups -OCH3 is 1. The number of hydrogen-bond acceptors (Lipinski definition) is 3. The van der Waals surface area contributed by atoms with E-state index in [1.807, 2.05) is 38.1 Å². The molecular weight excluding hydrogens is 328 g/mol. The lowest BCUT2D eigenvalue weighted by Gasteiger charge is -2.18. The van der Waals surface area contributed by atoms with Gasteiger partial charge >= 0.3 is 0 Å². The normalized spacial score (nSPS) is 10.6. The molecule has 0 saturated carbocycles. The first-order valence-electron chi connectivity index (χ1n) is 8.49. The van der Waals surface area contributed by atoms with Crippen molar-refractivity contribution in [3.8, 4) is 5.75 Å². The highest BCUT2D eigenvalue weighted by Crippen LogP contribution is 2.16. The van der Waals surface area contributed by atoms with Gasteiger partial charge in [-0.15, -0.1) is 0 Å². The SMILES string of the molecule is CCN(CC(=O)Nc1cccc(OC)c1)C(=O)/C=C/c1ccc(C)cc1. The summed E-state index contributed by atoms with van der Waals surface area (Å²) >= 11 is 0. The Bertz CT molecular complexity index is 782. The lowest BCUT2D eigenvalue weighted by Crippen LogP contribution is -2.36. The van der Waals surface area contributed by atoms with Crippen LogP contribution in [0.25, 0.3) is 6.08 Å². The Morgan fingerprint density at radius 1 is 1.15 bits per heavy atom. The number of carbonyl (C=O) groups excluding carboxylic acids is 2. The Kier molecular flexibility index (Phi) is 6.97. The molecule has 2 rings (SSSR count). The van der Waals surface area contributed by atoms with Crippen molar-refractivity contribution in [1.82, 2.24) is 4.90 Å². The van der Waals surface area contributed by atoms with Crippen molar-refractivity contribution in [3.63, 3.8) is 0 Å². The standard InChI is InChI=1S/C21H24N2O3/c1-4-23(21(25)13-12-17-10-8-16(2)9-11-17)15-20(24)22-18-6-5-7-19(14-18)26-3/h5-14H,4,15H2,1-3H3,(H,22,24)/b13-12+. The summed E-state index contributed by atoms with van der Waals surface area (Å²) in [6.45, 7) is 4.29. The molecule has 5 nitrogen and oxygen atoms in total. The summed E-state index contributed by atoms with van der Waals surface area (Å²) in [7, 11) is 1.57. The third-order valence-corrected chi connectivity index (χ3v) is 3.88. The summed E-state index contributed by atoms with van der Waals surface area (Å²) in [6, 6.07) is 15.0. The number of rotatable bonds is 7. The van der Waals surface area contributed by atoms with Crippen LogP contribution in [0.1, 0.15) is 18.1 Å². The number of nitrogens with zero attached hydrogens (tertiary/aromatic N) is 1. The van der Waals surface area contributed by atoms with E-state index in [1.165, 1.54) is 11.0 Å². The number of likely N-dealkylation sites (N-methyl/N-ethyl adjacent to an activating group) is 1. The van der Waals surface area contributed by atoms with Crippen molar-refractivity contribution < 1.29 is 14.3 Å². The van der Waals surface area contributed by atoms with Gasteiger partial charge in [0, 0.05) is 24.4 Å². The first kappa shape index (κ1) is 19.2. The van der Waals surface area contributed by atoms with Crippen LogP contribution in [0, 0.1) is 6.92 Å². The van der Waals surface area contributed by atoms with Crippen LogP contribution in [0.5, 0.6) is 5.75 Å². The van der Waals surface area contributed by atoms with Crippen LogP contribution in [-0.2, 0) is 9.59 Å². The van der Waals surface area contributed by atoms with Crippen LogP contribution in [0.4, 0.5) is 5.69 Å². The van der Waals surface area contributed by atoms with Crippen LogP contribution in [0.15, 0.2) is 54.6 Å². The third kappa shape index (κ3) is 5.77. The smallest absolute Gasteiger partial charge is 0.247 e. The van der Waals surface area contributed by atoms with Crippen LogP contribution >= 0.6 is 0 Å². The largest absolute Gasteiger partial charge is 0.497 e. The summed E-state index contributed by atoms with van der Waals surface area (Å²) in [4.78, 5) is 26.1. The van der Waals surface area contributed by atoms with Crippen LogP contribution in [-0.4, -0.2) is 36.9 Å². The lowest BCUT2D eigenvalue weighted by molar-refractivity contribution is -0.130. The second-order valence-electron chi connectivity index (χ2n) is 5.88. The minimum atomic E-state index is -0.253. The molecule has 0 saturated heterocycles. The van der Waals surface area contributed by atoms with Crippen molar-refractivity contribution in [2.75, 3.05) is 25.5 Å². The average Bonchev–Trinajstić information content (AvgIpc) is 2.65. The molecule has 2 aromatic carbocycles. The topological polar surface area (TPSA) is 58.6 Å². The highest BCUT2D eigenvalue weighted by Gasteiger charge is 2.13. The van der Waals surface area contributed by atoms with E-state index in [9.17, 15) is 9.59 Å². The second-order valence-corrected chi connectivity index (χ2v) is 5.88. The Labute approximate surface area is 154 Å². The van der Waals surface area contributed by atoms with Gasteiger partial charge in [0.25, 0.3) is 0 Å². The van der Waals surface area contributed by atoms with Gasteiger partial charge in [0.15, 0.2) is 0 Å². The number of carbonyl (C=O) groups is 2. The molecule has 136 valence electrons. The number of anilines is 1. The molecule has 0 fully saturated rings. The maximum atomic E-state index is 12.3. The summed E-state index contributed by atoms with van der Waals surface area (Å²) in [5.41, 5.74) is 2.74. The Morgan fingerprint density at radius 3 is 2.54 bits per heavy atom. The number of aryl methyl sites for hydroxylation is 1. The number of benzene rings is 2. The summed E-state index contributed by atoms with van der Waals surface area (Å²) < 4.78 is 5.13.